The molecule has 0 N–H and O–H groups in total. The number of alkyl halides is 6. The van der Waals surface area contributed by atoms with Crippen molar-refractivity contribution in [2.75, 3.05) is 0 Å². The summed E-state index contributed by atoms with van der Waals surface area (Å²) in [6.45, 7) is 0. The Morgan fingerprint density at radius 3 is 1.16 bits per heavy atom. The molecule has 1 aliphatic rings. The highest BCUT2D eigenvalue weighted by Crippen LogP contribution is 2.35. The average molecular weight is 504 g/mol. The van der Waals surface area contributed by atoms with Crippen LogP contribution < -0.4 is 8.37 Å². The first-order valence-electron chi connectivity index (χ1n) is 7.83. The second kappa shape index (κ2) is 7.19. The number of benzene rings is 2. The topological polar surface area (TPSA) is 121 Å². The second-order valence-electron chi connectivity index (χ2n) is 6.04. The zero-order valence-corrected chi connectivity index (χ0v) is 16.4. The number of hydrogen-bond donors (Lipinski definition) is 0. The number of hydrogen-bond acceptors (Lipinski definition) is 8. The summed E-state index contributed by atoms with van der Waals surface area (Å²) in [5.41, 5.74) is -13.5. The van der Waals surface area contributed by atoms with Gasteiger partial charge >= 0.3 is 31.3 Å². The van der Waals surface area contributed by atoms with Crippen molar-refractivity contribution in [2.45, 2.75) is 11.0 Å². The maximum Gasteiger partial charge on any atom is 0.534 e. The lowest BCUT2D eigenvalue weighted by Crippen LogP contribution is -2.29. The molecule has 2 aromatic rings. The van der Waals surface area contributed by atoms with E-state index in [9.17, 15) is 52.8 Å². The van der Waals surface area contributed by atoms with Crippen molar-refractivity contribution >= 4 is 31.8 Å². The molecule has 0 aliphatic heterocycles. The monoisotopic (exact) mass is 504 g/mol. The highest BCUT2D eigenvalue weighted by molar-refractivity contribution is 7.88. The minimum atomic E-state index is -6.07. The normalized spacial score (nSPS) is 14.6. The summed E-state index contributed by atoms with van der Waals surface area (Å²) in [5, 5.41) is 0. The van der Waals surface area contributed by atoms with Gasteiger partial charge in [-0.3, -0.25) is 9.59 Å². The van der Waals surface area contributed by atoms with Crippen molar-refractivity contribution in [3.63, 3.8) is 0 Å². The van der Waals surface area contributed by atoms with E-state index >= 15 is 0 Å². The molecule has 0 fully saturated rings. The molecule has 0 bridgehead atoms. The van der Waals surface area contributed by atoms with Crippen molar-refractivity contribution < 1.29 is 61.1 Å². The summed E-state index contributed by atoms with van der Waals surface area (Å²) in [5.74, 6) is -3.90. The lowest BCUT2D eigenvalue weighted by Gasteiger charge is -2.19. The van der Waals surface area contributed by atoms with E-state index in [1.165, 1.54) is 0 Å². The first-order valence-corrected chi connectivity index (χ1v) is 10.7. The molecule has 2 aromatic carbocycles. The molecule has 0 radical (unpaired) electrons. The highest BCUT2D eigenvalue weighted by Gasteiger charge is 2.49. The van der Waals surface area contributed by atoms with E-state index in [1.54, 1.807) is 0 Å². The molecule has 0 atom stereocenters. The summed E-state index contributed by atoms with van der Waals surface area (Å²) in [7, 11) is -12.1. The molecule has 0 saturated heterocycles. The van der Waals surface area contributed by atoms with Crippen LogP contribution in [0.1, 0.15) is 31.8 Å². The number of rotatable bonds is 4. The van der Waals surface area contributed by atoms with Crippen LogP contribution in [-0.2, 0) is 20.2 Å². The molecule has 0 aromatic heterocycles. The fourth-order valence-electron chi connectivity index (χ4n) is 2.56. The summed E-state index contributed by atoms with van der Waals surface area (Å²) in [6.07, 6.45) is 0. The lowest BCUT2D eigenvalue weighted by atomic mass is 9.84. The van der Waals surface area contributed by atoms with E-state index < -0.39 is 76.6 Å². The van der Waals surface area contributed by atoms with Crippen LogP contribution in [0, 0.1) is 0 Å². The van der Waals surface area contributed by atoms with Gasteiger partial charge in [0.1, 0.15) is 11.5 Å². The first-order chi connectivity index (χ1) is 14.4. The van der Waals surface area contributed by atoms with Crippen LogP contribution in [-0.4, -0.2) is 39.4 Å². The van der Waals surface area contributed by atoms with E-state index in [4.69, 9.17) is 0 Å². The molecular weight excluding hydrogens is 498 g/mol. The molecule has 1 aliphatic carbocycles. The van der Waals surface area contributed by atoms with Gasteiger partial charge in [-0.2, -0.15) is 43.2 Å². The van der Waals surface area contributed by atoms with Gasteiger partial charge in [0.25, 0.3) is 0 Å². The molecule has 0 saturated carbocycles. The Hall–Kier alpha value is -3.14. The smallest absolute Gasteiger partial charge is 0.376 e. The third kappa shape index (κ3) is 4.02. The summed E-state index contributed by atoms with van der Waals surface area (Å²) in [6, 6.07) is 3.96. The van der Waals surface area contributed by atoms with Crippen molar-refractivity contribution in [2.24, 2.45) is 0 Å². The summed E-state index contributed by atoms with van der Waals surface area (Å²) < 4.78 is 127. The third-order valence-corrected chi connectivity index (χ3v) is 5.90. The Morgan fingerprint density at radius 1 is 0.562 bits per heavy atom. The van der Waals surface area contributed by atoms with E-state index in [-0.39, 0.29) is 0 Å². The predicted molar refractivity (Wildman–Crippen MR) is 91.0 cm³/mol. The maximum absolute atomic E-state index is 12.6. The Labute approximate surface area is 174 Å². The van der Waals surface area contributed by atoms with Gasteiger partial charge in [0, 0.05) is 22.3 Å². The van der Waals surface area contributed by atoms with Gasteiger partial charge < -0.3 is 8.37 Å². The largest absolute Gasteiger partial charge is 0.534 e. The van der Waals surface area contributed by atoms with Crippen molar-refractivity contribution in [3.8, 4) is 11.5 Å². The molecule has 172 valence electrons. The zero-order valence-electron chi connectivity index (χ0n) is 14.8. The lowest BCUT2D eigenvalue weighted by molar-refractivity contribution is -0.0504. The predicted octanol–water partition coefficient (Wildman–Crippen LogP) is 2.92. The van der Waals surface area contributed by atoms with Crippen molar-refractivity contribution in [1.82, 2.24) is 0 Å². The Morgan fingerprint density at radius 2 is 0.875 bits per heavy atom. The van der Waals surface area contributed by atoms with Gasteiger partial charge in [0.2, 0.25) is 0 Å². The Bertz CT molecular complexity index is 1250. The van der Waals surface area contributed by atoms with Crippen molar-refractivity contribution in [1.29, 1.82) is 0 Å². The fourth-order valence-corrected chi connectivity index (χ4v) is 3.46. The van der Waals surface area contributed by atoms with Gasteiger partial charge in [-0.05, 0) is 36.4 Å². The van der Waals surface area contributed by atoms with Crippen LogP contribution in [0.4, 0.5) is 26.3 Å². The quantitative estimate of drug-likeness (QED) is 0.302. The van der Waals surface area contributed by atoms with Crippen molar-refractivity contribution in [3.05, 3.63) is 58.7 Å². The number of fused-ring (bicyclic) bond motifs is 2. The van der Waals surface area contributed by atoms with E-state index in [0.717, 1.165) is 12.1 Å². The minimum Gasteiger partial charge on any atom is -0.376 e. The summed E-state index contributed by atoms with van der Waals surface area (Å²) >= 11 is 0. The third-order valence-electron chi connectivity index (χ3n) is 3.94. The van der Waals surface area contributed by atoms with Crippen LogP contribution in [0.25, 0.3) is 0 Å². The molecule has 16 heteroatoms. The summed E-state index contributed by atoms with van der Waals surface area (Å²) in [4.78, 5) is 25.2. The van der Waals surface area contributed by atoms with Gasteiger partial charge in [-0.25, -0.2) is 0 Å². The maximum atomic E-state index is 12.6. The van der Waals surface area contributed by atoms with Crippen LogP contribution in [0.2, 0.25) is 0 Å². The molecule has 0 spiro atoms. The highest BCUT2D eigenvalue weighted by atomic mass is 32.2. The Balaban J connectivity index is 2.00. The van der Waals surface area contributed by atoms with E-state index in [1.807, 2.05) is 0 Å². The standard InChI is InChI=1S/C16H6F6O8S2/c17-15(18,19)31(25,26)29-7-1-3-9-11(5-7)14(24)10-4-2-8(6-12(10)13(9)23)30-32(27,28)16(20,21)22/h1-6H. The van der Waals surface area contributed by atoms with Gasteiger partial charge in [0.15, 0.2) is 11.6 Å². The minimum absolute atomic E-state index is 0.449. The average Bonchev–Trinajstić information content (AvgIpc) is 2.63. The second-order valence-corrected chi connectivity index (χ2v) is 9.12. The number of halogens is 6. The fraction of sp³-hybridized carbons (Fsp3) is 0.125. The van der Waals surface area contributed by atoms with Gasteiger partial charge in [-0.1, -0.05) is 0 Å². The van der Waals surface area contributed by atoms with Crippen LogP contribution in [0.3, 0.4) is 0 Å². The molecule has 0 heterocycles. The first kappa shape index (κ1) is 23.5. The zero-order chi connectivity index (χ0) is 24.3. The molecular formula is C16H6F6O8S2. The SMILES string of the molecule is O=C1c2ccc(OS(=O)(=O)C(F)(F)F)cc2C(=O)c2ccc(OS(=O)(=O)C(F)(F)F)cc21. The molecule has 0 amide bonds. The van der Waals surface area contributed by atoms with Crippen LogP contribution in [0.5, 0.6) is 11.5 Å². The number of carbonyl (C=O) groups excluding carboxylic acids is 2. The molecule has 0 unspecified atom stereocenters. The molecule has 32 heavy (non-hydrogen) atoms. The number of carbonyl (C=O) groups is 2. The van der Waals surface area contributed by atoms with Crippen LogP contribution >= 0.6 is 0 Å². The van der Waals surface area contributed by atoms with Gasteiger partial charge in [0.05, 0.1) is 0 Å². The van der Waals surface area contributed by atoms with Crippen LogP contribution in [0.15, 0.2) is 36.4 Å². The Kier molecular flexibility index (Phi) is 5.29. The number of ketones is 2. The van der Waals surface area contributed by atoms with Gasteiger partial charge in [-0.15, -0.1) is 0 Å². The van der Waals surface area contributed by atoms with E-state index in [2.05, 4.69) is 8.37 Å². The van der Waals surface area contributed by atoms with E-state index in [0.29, 0.717) is 24.3 Å². The molecule has 8 nitrogen and oxygen atoms in total. The molecule has 3 rings (SSSR count).